The van der Waals surface area contributed by atoms with Crippen molar-refractivity contribution in [2.45, 2.75) is 33.4 Å². The molecule has 8 aromatic rings. The molecule has 0 saturated heterocycles. The van der Waals surface area contributed by atoms with Gasteiger partial charge in [-0.05, 0) is 166 Å². The second-order valence-electron chi connectivity index (χ2n) is 14.5. The summed E-state index contributed by atoms with van der Waals surface area (Å²) in [5.74, 6) is 6.63. The number of hydrogen-bond acceptors (Lipinski definition) is 7. The second kappa shape index (κ2) is 26.7. The van der Waals surface area contributed by atoms with Crippen LogP contribution in [0.3, 0.4) is 0 Å². The number of thioether (sulfide) groups is 1. The van der Waals surface area contributed by atoms with Crippen molar-refractivity contribution >= 4 is 44.3 Å². The van der Waals surface area contributed by atoms with E-state index in [0.29, 0.717) is 22.4 Å². The Kier molecular flexibility index (Phi) is 20.5. The lowest BCUT2D eigenvalue weighted by Crippen LogP contribution is -1.94. The molecule has 0 N–H and O–H groups in total. The summed E-state index contributed by atoms with van der Waals surface area (Å²) in [7, 11) is -1.66. The van der Waals surface area contributed by atoms with Gasteiger partial charge in [0.2, 0.25) is 0 Å². The van der Waals surface area contributed by atoms with E-state index in [1.807, 2.05) is 121 Å². The summed E-state index contributed by atoms with van der Waals surface area (Å²) in [5.41, 5.74) is 2.48. The number of benzene rings is 8. The minimum atomic E-state index is -0.981. The van der Waals surface area contributed by atoms with Crippen molar-refractivity contribution < 1.29 is 27.4 Å². The van der Waals surface area contributed by atoms with Gasteiger partial charge in [0.1, 0.15) is 58.5 Å². The molecule has 0 radical (unpaired) electrons. The molecule has 65 heavy (non-hydrogen) atoms. The molecule has 0 amide bonds. The van der Waals surface area contributed by atoms with Gasteiger partial charge in [0.05, 0.1) is 0 Å². The van der Waals surface area contributed by atoms with Crippen LogP contribution in [0.25, 0.3) is 0 Å². The highest BCUT2D eigenvalue weighted by Crippen LogP contribution is 2.27. The molecule has 0 aliphatic carbocycles. The maximum Gasteiger partial charge on any atom is 0.154 e. The van der Waals surface area contributed by atoms with Crippen molar-refractivity contribution in [3.63, 3.8) is 0 Å². The Morgan fingerprint density at radius 1 is 0.369 bits per heavy atom. The predicted octanol–water partition coefficient (Wildman–Crippen LogP) is 15.0. The van der Waals surface area contributed by atoms with E-state index in [0.717, 1.165) is 44.3 Å². The van der Waals surface area contributed by atoms with Crippen LogP contribution >= 0.6 is 11.8 Å². The molecular formula is C55H55O6S4+. The highest BCUT2D eigenvalue weighted by Gasteiger charge is 2.08. The van der Waals surface area contributed by atoms with E-state index in [-0.39, 0.29) is 0 Å². The van der Waals surface area contributed by atoms with Gasteiger partial charge in [0.15, 0.2) is 4.90 Å². The fraction of sp³-hybridized carbons (Fsp3) is 0.127. The van der Waals surface area contributed by atoms with E-state index in [4.69, 9.17) is 18.9 Å². The van der Waals surface area contributed by atoms with Crippen LogP contribution in [0.1, 0.15) is 11.1 Å². The van der Waals surface area contributed by atoms with Crippen molar-refractivity contribution in [2.75, 3.05) is 31.3 Å². The third kappa shape index (κ3) is 18.2. The summed E-state index contributed by atoms with van der Waals surface area (Å²) in [6, 6.07) is 66.3. The zero-order chi connectivity index (χ0) is 46.4. The van der Waals surface area contributed by atoms with E-state index >= 15 is 0 Å². The molecule has 0 saturated carbocycles. The summed E-state index contributed by atoms with van der Waals surface area (Å²) in [4.78, 5) is 4.14. The van der Waals surface area contributed by atoms with E-state index in [1.54, 1.807) is 72.8 Å². The number of para-hydroxylation sites is 2. The molecule has 6 nitrogen and oxygen atoms in total. The van der Waals surface area contributed by atoms with Crippen LogP contribution in [-0.2, 0) is 32.5 Å². The fourth-order valence-electron chi connectivity index (χ4n) is 5.56. The van der Waals surface area contributed by atoms with Crippen molar-refractivity contribution in [2.24, 2.45) is 0 Å². The average molecular weight is 940 g/mol. The van der Waals surface area contributed by atoms with Crippen LogP contribution in [-0.4, -0.2) is 39.7 Å². The topological polar surface area (TPSA) is 71.1 Å². The number of aryl methyl sites for hydroxylation is 2. The Morgan fingerprint density at radius 2 is 0.631 bits per heavy atom. The van der Waals surface area contributed by atoms with Crippen molar-refractivity contribution in [3.8, 4) is 46.0 Å². The van der Waals surface area contributed by atoms with E-state index in [9.17, 15) is 8.42 Å². The van der Waals surface area contributed by atoms with Gasteiger partial charge >= 0.3 is 0 Å². The number of rotatable bonds is 12. The number of ether oxygens (including phenoxy) is 4. The molecule has 0 aromatic heterocycles. The predicted molar refractivity (Wildman–Crippen MR) is 275 cm³/mol. The summed E-state index contributed by atoms with van der Waals surface area (Å²) in [5, 5.41) is 0. The van der Waals surface area contributed by atoms with Crippen LogP contribution in [0.5, 0.6) is 46.0 Å². The molecule has 0 heterocycles. The zero-order valence-electron chi connectivity index (χ0n) is 37.7. The third-order valence-electron chi connectivity index (χ3n) is 9.14. The Balaban J connectivity index is 0.000000164. The molecular weight excluding hydrogens is 885 g/mol. The van der Waals surface area contributed by atoms with Gasteiger partial charge in [0.25, 0.3) is 0 Å². The normalized spacial score (nSPS) is 11.2. The molecule has 0 aliphatic rings. The first-order valence-corrected chi connectivity index (χ1v) is 27.0. The van der Waals surface area contributed by atoms with Gasteiger partial charge in [-0.3, -0.25) is 8.42 Å². The Morgan fingerprint density at radius 3 is 0.908 bits per heavy atom. The van der Waals surface area contributed by atoms with Gasteiger partial charge < -0.3 is 18.9 Å². The van der Waals surface area contributed by atoms with Crippen molar-refractivity contribution in [3.05, 3.63) is 217 Å². The Labute approximate surface area is 397 Å². The lowest BCUT2D eigenvalue weighted by atomic mass is 10.2. The first-order chi connectivity index (χ1) is 31.4. The highest BCUT2D eigenvalue weighted by atomic mass is 32.2. The van der Waals surface area contributed by atoms with Crippen LogP contribution in [0.15, 0.2) is 226 Å². The summed E-state index contributed by atoms with van der Waals surface area (Å²) in [6.45, 7) is 4.14. The van der Waals surface area contributed by atoms with Gasteiger partial charge in [0, 0.05) is 59.7 Å². The van der Waals surface area contributed by atoms with Crippen molar-refractivity contribution in [1.82, 2.24) is 0 Å². The van der Waals surface area contributed by atoms with E-state index < -0.39 is 21.6 Å². The SMILES string of the molecule is CS(=O)c1ccc(Oc2ccc(S(C)=O)cc2)cc1.CSc1ccc(Oc2ccc(C)cc2)cc1.Cc1ccc(Oc2ccc([S+](C)C)cc2)cc1.c1ccc(Oc2ccccc2)cc1. The monoisotopic (exact) mass is 939 g/mol. The van der Waals surface area contributed by atoms with Crippen LogP contribution < -0.4 is 18.9 Å². The lowest BCUT2D eigenvalue weighted by Gasteiger charge is -2.06. The average Bonchev–Trinajstić information content (AvgIpc) is 3.33. The molecule has 0 fully saturated rings. The fourth-order valence-corrected chi connectivity index (χ4v) is 7.68. The number of hydrogen-bond donors (Lipinski definition) is 0. The molecule has 10 heteroatoms. The first-order valence-electron chi connectivity index (χ1n) is 20.6. The molecule has 0 spiro atoms. The molecule has 0 aliphatic heterocycles. The van der Waals surface area contributed by atoms with Crippen LogP contribution in [0.4, 0.5) is 0 Å². The smallest absolute Gasteiger partial charge is 0.154 e. The molecule has 2 unspecified atom stereocenters. The van der Waals surface area contributed by atoms with Crippen LogP contribution in [0, 0.1) is 13.8 Å². The Hall–Kier alpha value is -6.04. The minimum absolute atomic E-state index is 0.308. The largest absolute Gasteiger partial charge is 0.457 e. The molecule has 2 atom stereocenters. The summed E-state index contributed by atoms with van der Waals surface area (Å²) < 4.78 is 45.2. The third-order valence-corrected chi connectivity index (χ3v) is 13.0. The standard InChI is InChI=1S/C15H17OS.C14H14O3S2.C14H14OS.C12H10O/c1-12-4-6-13(7-5-12)16-14-8-10-15(11-9-14)17(2)3;1-18(15)13-7-3-11(4-8-13)17-12-5-9-14(10-6-12)19(2)16;1-11-3-5-12(6-4-11)15-13-7-9-14(16-2)10-8-13;1-3-7-11(8-4-1)13-12-9-5-2-6-10-12/h4-11H,1-3H3;3-10H,1-2H3;3-10H,1-2H3;1-10H/q+1;;;. The molecule has 0 bridgehead atoms. The van der Waals surface area contributed by atoms with Gasteiger partial charge in [-0.25, -0.2) is 0 Å². The second-order valence-corrected chi connectivity index (χ2v) is 20.2. The maximum absolute atomic E-state index is 11.3. The van der Waals surface area contributed by atoms with E-state index in [2.05, 4.69) is 69.0 Å². The van der Waals surface area contributed by atoms with Gasteiger partial charge in [-0.2, -0.15) is 0 Å². The Bertz CT molecular complexity index is 2530. The van der Waals surface area contributed by atoms with Crippen LogP contribution in [0.2, 0.25) is 0 Å². The van der Waals surface area contributed by atoms with E-state index in [1.165, 1.54) is 20.9 Å². The first kappa shape index (κ1) is 50.0. The molecule has 8 aromatic carbocycles. The zero-order valence-corrected chi connectivity index (χ0v) is 41.0. The highest BCUT2D eigenvalue weighted by molar-refractivity contribution is 7.98. The lowest BCUT2D eigenvalue weighted by molar-refractivity contribution is 0.481. The minimum Gasteiger partial charge on any atom is -0.457 e. The summed E-state index contributed by atoms with van der Waals surface area (Å²) >= 11 is 1.73. The van der Waals surface area contributed by atoms with Gasteiger partial charge in [-0.15, -0.1) is 11.8 Å². The maximum atomic E-state index is 11.3. The van der Waals surface area contributed by atoms with Gasteiger partial charge in [-0.1, -0.05) is 71.8 Å². The molecule has 8 rings (SSSR count). The summed E-state index contributed by atoms with van der Waals surface area (Å²) in [6.07, 6.45) is 9.78. The van der Waals surface area contributed by atoms with Crippen molar-refractivity contribution in [1.29, 1.82) is 0 Å². The molecule has 334 valence electrons. The quantitative estimate of drug-likeness (QED) is 0.0892.